The van der Waals surface area contributed by atoms with Crippen molar-refractivity contribution in [2.24, 2.45) is 0 Å². The topological polar surface area (TPSA) is 59.4 Å². The number of aromatic nitrogens is 1. The van der Waals surface area contributed by atoms with Gasteiger partial charge in [0.25, 0.3) is 0 Å². The molecule has 0 aliphatic rings. The van der Waals surface area contributed by atoms with E-state index in [1.807, 2.05) is 30.3 Å². The molecule has 1 N–H and O–H groups in total. The maximum atomic E-state index is 10.8. The fourth-order valence-corrected chi connectivity index (χ4v) is 1.78. The third kappa shape index (κ3) is 2.66. The zero-order chi connectivity index (χ0) is 13.0. The first-order valence-corrected chi connectivity index (χ1v) is 5.51. The first kappa shape index (κ1) is 12.1. The summed E-state index contributed by atoms with van der Waals surface area (Å²) in [5.41, 5.74) is 2.54. The molecule has 2 rings (SSSR count). The molecule has 0 unspecified atom stereocenters. The van der Waals surface area contributed by atoms with E-state index < -0.39 is 5.97 Å². The molecule has 4 heteroatoms. The van der Waals surface area contributed by atoms with E-state index in [0.29, 0.717) is 5.88 Å². The van der Waals surface area contributed by atoms with E-state index in [1.54, 1.807) is 19.4 Å². The van der Waals surface area contributed by atoms with E-state index in [-0.39, 0.29) is 6.42 Å². The van der Waals surface area contributed by atoms with Crippen LogP contribution in [0, 0.1) is 0 Å². The van der Waals surface area contributed by atoms with E-state index in [2.05, 4.69) is 4.98 Å². The molecule has 0 radical (unpaired) electrons. The number of pyridine rings is 1. The SMILES string of the molecule is COc1ccc(-c2ccccc2CC(=O)O)cn1. The van der Waals surface area contributed by atoms with Crippen LogP contribution in [-0.2, 0) is 11.2 Å². The lowest BCUT2D eigenvalue weighted by molar-refractivity contribution is -0.136. The Hall–Kier alpha value is -2.36. The third-order valence-electron chi connectivity index (χ3n) is 2.62. The number of benzene rings is 1. The van der Waals surface area contributed by atoms with Gasteiger partial charge in [-0.15, -0.1) is 0 Å². The van der Waals surface area contributed by atoms with Crippen molar-refractivity contribution in [3.63, 3.8) is 0 Å². The number of methoxy groups -OCH3 is 1. The summed E-state index contributed by atoms with van der Waals surface area (Å²) in [5, 5.41) is 8.88. The van der Waals surface area contributed by atoms with Crippen LogP contribution in [0.5, 0.6) is 5.88 Å². The summed E-state index contributed by atoms with van der Waals surface area (Å²) in [5.74, 6) is -0.307. The van der Waals surface area contributed by atoms with Crippen LogP contribution in [0.1, 0.15) is 5.56 Å². The fourth-order valence-electron chi connectivity index (χ4n) is 1.78. The van der Waals surface area contributed by atoms with E-state index in [9.17, 15) is 4.79 Å². The third-order valence-corrected chi connectivity index (χ3v) is 2.62. The molecule has 0 bridgehead atoms. The maximum Gasteiger partial charge on any atom is 0.307 e. The van der Waals surface area contributed by atoms with Gasteiger partial charge in [-0.1, -0.05) is 24.3 Å². The number of carbonyl (C=O) groups is 1. The monoisotopic (exact) mass is 243 g/mol. The van der Waals surface area contributed by atoms with E-state index in [1.165, 1.54) is 0 Å². The molecule has 4 nitrogen and oxygen atoms in total. The van der Waals surface area contributed by atoms with Crippen LogP contribution in [0.3, 0.4) is 0 Å². The highest BCUT2D eigenvalue weighted by Crippen LogP contribution is 2.24. The lowest BCUT2D eigenvalue weighted by Crippen LogP contribution is -2.01. The van der Waals surface area contributed by atoms with Crippen LogP contribution in [0.2, 0.25) is 0 Å². The summed E-state index contributed by atoms with van der Waals surface area (Å²) in [7, 11) is 1.56. The second-order valence-corrected chi connectivity index (χ2v) is 3.82. The molecule has 0 atom stereocenters. The van der Waals surface area contributed by atoms with Crippen molar-refractivity contribution in [1.29, 1.82) is 0 Å². The van der Waals surface area contributed by atoms with E-state index in [4.69, 9.17) is 9.84 Å². The largest absolute Gasteiger partial charge is 0.481 e. The Morgan fingerprint density at radius 3 is 2.67 bits per heavy atom. The minimum absolute atomic E-state index is 0.00219. The van der Waals surface area contributed by atoms with Crippen molar-refractivity contribution in [2.75, 3.05) is 7.11 Å². The van der Waals surface area contributed by atoms with Crippen LogP contribution < -0.4 is 4.74 Å². The molecule has 18 heavy (non-hydrogen) atoms. The average Bonchev–Trinajstić information content (AvgIpc) is 2.39. The van der Waals surface area contributed by atoms with Crippen molar-refractivity contribution in [2.45, 2.75) is 6.42 Å². The summed E-state index contributed by atoms with van der Waals surface area (Å²) < 4.78 is 4.99. The zero-order valence-electron chi connectivity index (χ0n) is 9.96. The Labute approximate surface area is 105 Å². The number of carboxylic acid groups (broad SMARTS) is 1. The lowest BCUT2D eigenvalue weighted by atomic mass is 9.99. The molecule has 2 aromatic rings. The normalized spacial score (nSPS) is 10.1. The molecule has 92 valence electrons. The second kappa shape index (κ2) is 5.31. The standard InChI is InChI=1S/C14H13NO3/c1-18-13-7-6-11(9-15-13)12-5-3-2-4-10(12)8-14(16)17/h2-7,9H,8H2,1H3,(H,16,17). The van der Waals surface area contributed by atoms with E-state index in [0.717, 1.165) is 16.7 Å². The van der Waals surface area contributed by atoms with Gasteiger partial charge in [0.1, 0.15) is 0 Å². The molecule has 0 saturated carbocycles. The Bertz CT molecular complexity index is 549. The van der Waals surface area contributed by atoms with Crippen LogP contribution in [-0.4, -0.2) is 23.2 Å². The van der Waals surface area contributed by atoms with E-state index >= 15 is 0 Å². The van der Waals surface area contributed by atoms with Crippen LogP contribution in [0.25, 0.3) is 11.1 Å². The predicted octanol–water partition coefficient (Wildman–Crippen LogP) is 2.38. The average molecular weight is 243 g/mol. The molecule has 1 aromatic heterocycles. The van der Waals surface area contributed by atoms with Crippen LogP contribution >= 0.6 is 0 Å². The summed E-state index contributed by atoms with van der Waals surface area (Å²) in [4.78, 5) is 14.9. The molecule has 1 heterocycles. The predicted molar refractivity (Wildman–Crippen MR) is 67.6 cm³/mol. The molecule has 0 spiro atoms. The van der Waals surface area contributed by atoms with Gasteiger partial charge in [0, 0.05) is 17.8 Å². The summed E-state index contributed by atoms with van der Waals surface area (Å²) >= 11 is 0. The van der Waals surface area contributed by atoms with Gasteiger partial charge in [0.05, 0.1) is 13.5 Å². The summed E-state index contributed by atoms with van der Waals surface area (Å²) in [6.45, 7) is 0. The molecule has 0 aliphatic heterocycles. The van der Waals surface area contributed by atoms with Gasteiger partial charge in [-0.05, 0) is 17.2 Å². The van der Waals surface area contributed by atoms with Crippen molar-refractivity contribution < 1.29 is 14.6 Å². The van der Waals surface area contributed by atoms with Crippen molar-refractivity contribution in [3.8, 4) is 17.0 Å². The minimum atomic E-state index is -0.844. The minimum Gasteiger partial charge on any atom is -0.481 e. The summed E-state index contributed by atoms with van der Waals surface area (Å²) in [6, 6.07) is 11.0. The van der Waals surface area contributed by atoms with Gasteiger partial charge in [0.15, 0.2) is 0 Å². The molecule has 1 aromatic carbocycles. The van der Waals surface area contributed by atoms with Crippen molar-refractivity contribution in [1.82, 2.24) is 4.98 Å². The number of hydrogen-bond acceptors (Lipinski definition) is 3. The Morgan fingerprint density at radius 2 is 2.06 bits per heavy atom. The number of ether oxygens (including phenoxy) is 1. The molecular formula is C14H13NO3. The van der Waals surface area contributed by atoms with Gasteiger partial charge in [0.2, 0.25) is 5.88 Å². The first-order chi connectivity index (χ1) is 8.70. The highest BCUT2D eigenvalue weighted by atomic mass is 16.5. The second-order valence-electron chi connectivity index (χ2n) is 3.82. The highest BCUT2D eigenvalue weighted by molar-refractivity contribution is 5.76. The van der Waals surface area contributed by atoms with Crippen LogP contribution in [0.4, 0.5) is 0 Å². The van der Waals surface area contributed by atoms with Gasteiger partial charge >= 0.3 is 5.97 Å². The van der Waals surface area contributed by atoms with Gasteiger partial charge in [-0.25, -0.2) is 4.98 Å². The Balaban J connectivity index is 2.39. The Kier molecular flexibility index (Phi) is 3.57. The molecule has 0 aliphatic carbocycles. The molecular weight excluding hydrogens is 230 g/mol. The smallest absolute Gasteiger partial charge is 0.307 e. The maximum absolute atomic E-state index is 10.8. The van der Waals surface area contributed by atoms with Crippen molar-refractivity contribution in [3.05, 3.63) is 48.2 Å². The van der Waals surface area contributed by atoms with Crippen LogP contribution in [0.15, 0.2) is 42.6 Å². The van der Waals surface area contributed by atoms with Crippen molar-refractivity contribution >= 4 is 5.97 Å². The number of aliphatic carboxylic acids is 1. The first-order valence-electron chi connectivity index (χ1n) is 5.51. The Morgan fingerprint density at radius 1 is 1.28 bits per heavy atom. The highest BCUT2D eigenvalue weighted by Gasteiger charge is 2.08. The number of nitrogens with zero attached hydrogens (tertiary/aromatic N) is 1. The fraction of sp³-hybridized carbons (Fsp3) is 0.143. The zero-order valence-corrected chi connectivity index (χ0v) is 9.96. The molecule has 0 saturated heterocycles. The number of hydrogen-bond donors (Lipinski definition) is 1. The molecule has 0 fully saturated rings. The van der Waals surface area contributed by atoms with Gasteiger partial charge in [-0.2, -0.15) is 0 Å². The van der Waals surface area contributed by atoms with Gasteiger partial charge in [-0.3, -0.25) is 4.79 Å². The molecule has 0 amide bonds. The van der Waals surface area contributed by atoms with Gasteiger partial charge < -0.3 is 9.84 Å². The number of rotatable bonds is 4. The number of carboxylic acids is 1. The lowest BCUT2D eigenvalue weighted by Gasteiger charge is -2.08. The quantitative estimate of drug-likeness (QED) is 0.895. The summed E-state index contributed by atoms with van der Waals surface area (Å²) in [6.07, 6.45) is 1.68.